The Hall–Kier alpha value is -2.02. The summed E-state index contributed by atoms with van der Waals surface area (Å²) in [6, 6.07) is 6.71. The van der Waals surface area contributed by atoms with Gasteiger partial charge in [0.15, 0.2) is 0 Å². The molecule has 1 fully saturated rings. The van der Waals surface area contributed by atoms with Crippen LogP contribution in [-0.2, 0) is 14.4 Å². The number of carbonyl (C=O) groups excluding carboxylic acids is 2. The highest BCUT2D eigenvalue weighted by Crippen LogP contribution is 2.22. The van der Waals surface area contributed by atoms with Crippen LogP contribution in [0.4, 0.5) is 5.69 Å². The summed E-state index contributed by atoms with van der Waals surface area (Å²) in [5.74, 6) is -1.03. The summed E-state index contributed by atoms with van der Waals surface area (Å²) in [5, 5.41) is 13.5. The molecular formula is C16H20N2O4S. The smallest absolute Gasteiger partial charge is 0.327 e. The second-order valence-corrected chi connectivity index (χ2v) is 6.99. The van der Waals surface area contributed by atoms with Gasteiger partial charge in [-0.2, -0.15) is 0 Å². The summed E-state index contributed by atoms with van der Waals surface area (Å²) in [4.78, 5) is 34.7. The van der Waals surface area contributed by atoms with E-state index < -0.39 is 23.2 Å². The second-order valence-electron chi connectivity index (χ2n) is 5.75. The van der Waals surface area contributed by atoms with Gasteiger partial charge in [0.05, 0.1) is 5.25 Å². The van der Waals surface area contributed by atoms with Gasteiger partial charge in [-0.3, -0.25) is 9.59 Å². The van der Waals surface area contributed by atoms with Gasteiger partial charge in [0.25, 0.3) is 0 Å². The maximum Gasteiger partial charge on any atom is 0.327 e. The Labute approximate surface area is 139 Å². The molecule has 2 rings (SSSR count). The van der Waals surface area contributed by atoms with Gasteiger partial charge in [0.1, 0.15) is 6.04 Å². The van der Waals surface area contributed by atoms with Gasteiger partial charge < -0.3 is 15.7 Å². The molecule has 1 aliphatic heterocycles. The van der Waals surface area contributed by atoms with Crippen molar-refractivity contribution in [2.45, 2.75) is 37.5 Å². The summed E-state index contributed by atoms with van der Waals surface area (Å²) in [6.45, 7) is 4.19. The topological polar surface area (TPSA) is 95.5 Å². The molecule has 1 aromatic carbocycles. The fourth-order valence-electron chi connectivity index (χ4n) is 2.21. The first-order valence-corrected chi connectivity index (χ1v) is 8.46. The molecule has 1 heterocycles. The van der Waals surface area contributed by atoms with Crippen LogP contribution in [0.3, 0.4) is 0 Å². The van der Waals surface area contributed by atoms with Crippen molar-refractivity contribution in [3.63, 3.8) is 0 Å². The Kier molecular flexibility index (Phi) is 5.65. The van der Waals surface area contributed by atoms with E-state index in [0.717, 1.165) is 0 Å². The first-order chi connectivity index (χ1) is 10.9. The van der Waals surface area contributed by atoms with Gasteiger partial charge in [0.2, 0.25) is 11.8 Å². The van der Waals surface area contributed by atoms with E-state index in [2.05, 4.69) is 24.5 Å². The summed E-state index contributed by atoms with van der Waals surface area (Å²) in [5.41, 5.74) is 1.87. The lowest BCUT2D eigenvalue weighted by Crippen LogP contribution is -2.51. The van der Waals surface area contributed by atoms with Crippen molar-refractivity contribution >= 4 is 35.2 Å². The van der Waals surface area contributed by atoms with Gasteiger partial charge in [-0.15, -0.1) is 11.8 Å². The van der Waals surface area contributed by atoms with Gasteiger partial charge in [-0.05, 0) is 23.6 Å². The molecule has 0 aliphatic carbocycles. The third kappa shape index (κ3) is 4.72. The molecule has 1 aliphatic rings. The zero-order valence-corrected chi connectivity index (χ0v) is 13.9. The van der Waals surface area contributed by atoms with Crippen LogP contribution < -0.4 is 10.6 Å². The van der Waals surface area contributed by atoms with Crippen LogP contribution in [0.25, 0.3) is 0 Å². The molecule has 0 aromatic heterocycles. The number of benzene rings is 1. The van der Waals surface area contributed by atoms with E-state index in [9.17, 15) is 14.4 Å². The Balaban J connectivity index is 1.87. The third-order valence-corrected chi connectivity index (χ3v) is 4.91. The van der Waals surface area contributed by atoms with Crippen LogP contribution in [0.15, 0.2) is 24.3 Å². The Morgan fingerprint density at radius 3 is 2.52 bits per heavy atom. The Morgan fingerprint density at radius 2 is 2.00 bits per heavy atom. The number of anilines is 1. The van der Waals surface area contributed by atoms with E-state index in [0.29, 0.717) is 11.6 Å². The molecule has 0 radical (unpaired) electrons. The van der Waals surface area contributed by atoms with Crippen LogP contribution in [0, 0.1) is 0 Å². The summed E-state index contributed by atoms with van der Waals surface area (Å²) >= 11 is 1.20. The lowest BCUT2D eigenvalue weighted by Gasteiger charge is -2.25. The standard InChI is InChI=1S/C16H20N2O4S/c1-9(2)10-3-5-11(6-4-10)17-14(19)7-13-15(20)18-12(8-23-13)16(21)22/h3-6,9,12-13H,7-8H2,1-2H3,(H,17,19)(H,18,20)(H,21,22)/t12-,13+/m0/s1. The van der Waals surface area contributed by atoms with Crippen molar-refractivity contribution < 1.29 is 19.5 Å². The van der Waals surface area contributed by atoms with Crippen molar-refractivity contribution in [1.82, 2.24) is 5.32 Å². The third-order valence-electron chi connectivity index (χ3n) is 3.60. The van der Waals surface area contributed by atoms with Crippen molar-refractivity contribution in [2.75, 3.05) is 11.1 Å². The van der Waals surface area contributed by atoms with E-state index in [1.807, 2.05) is 24.3 Å². The summed E-state index contributed by atoms with van der Waals surface area (Å²) < 4.78 is 0. The largest absolute Gasteiger partial charge is 0.480 e. The van der Waals surface area contributed by atoms with Crippen LogP contribution in [-0.4, -0.2) is 39.9 Å². The lowest BCUT2D eigenvalue weighted by atomic mass is 10.0. The second kappa shape index (κ2) is 7.50. The minimum atomic E-state index is -1.06. The molecule has 0 spiro atoms. The lowest BCUT2D eigenvalue weighted by molar-refractivity contribution is -0.141. The predicted octanol–water partition coefficient (Wildman–Crippen LogP) is 1.82. The number of carboxylic acid groups (broad SMARTS) is 1. The van der Waals surface area contributed by atoms with Crippen LogP contribution >= 0.6 is 11.8 Å². The Bertz CT molecular complexity index is 601. The normalized spacial score (nSPS) is 20.9. The number of amides is 2. The number of rotatable bonds is 5. The molecule has 124 valence electrons. The van der Waals surface area contributed by atoms with Gasteiger partial charge in [-0.1, -0.05) is 26.0 Å². The van der Waals surface area contributed by atoms with E-state index >= 15 is 0 Å². The Morgan fingerprint density at radius 1 is 1.35 bits per heavy atom. The summed E-state index contributed by atoms with van der Waals surface area (Å²) in [6.07, 6.45) is 0.0226. The molecule has 7 heteroatoms. The number of carboxylic acids is 1. The highest BCUT2D eigenvalue weighted by molar-refractivity contribution is 8.00. The molecule has 0 unspecified atom stereocenters. The highest BCUT2D eigenvalue weighted by atomic mass is 32.2. The SMILES string of the molecule is CC(C)c1ccc(NC(=O)C[C@H]2SC[C@@H](C(=O)O)NC2=O)cc1. The highest BCUT2D eigenvalue weighted by Gasteiger charge is 2.33. The van der Waals surface area contributed by atoms with E-state index in [1.54, 1.807) is 0 Å². The van der Waals surface area contributed by atoms with Crippen molar-refractivity contribution in [3.8, 4) is 0 Å². The van der Waals surface area contributed by atoms with Crippen LogP contribution in [0.5, 0.6) is 0 Å². The molecule has 6 nitrogen and oxygen atoms in total. The first-order valence-electron chi connectivity index (χ1n) is 7.41. The van der Waals surface area contributed by atoms with Gasteiger partial charge >= 0.3 is 5.97 Å². The maximum atomic E-state index is 12.0. The number of nitrogens with one attached hydrogen (secondary N) is 2. The van der Waals surface area contributed by atoms with Crippen molar-refractivity contribution in [1.29, 1.82) is 0 Å². The molecule has 3 N–H and O–H groups in total. The fourth-order valence-corrected chi connectivity index (χ4v) is 3.35. The number of thioether (sulfide) groups is 1. The van der Waals surface area contributed by atoms with Gasteiger partial charge in [-0.25, -0.2) is 4.79 Å². The van der Waals surface area contributed by atoms with Crippen LogP contribution in [0.2, 0.25) is 0 Å². The minimum absolute atomic E-state index is 0.0226. The zero-order chi connectivity index (χ0) is 17.0. The van der Waals surface area contributed by atoms with E-state index in [1.165, 1.54) is 17.3 Å². The zero-order valence-electron chi connectivity index (χ0n) is 13.0. The number of hydrogen-bond acceptors (Lipinski definition) is 4. The number of hydrogen-bond donors (Lipinski definition) is 3. The maximum absolute atomic E-state index is 12.0. The van der Waals surface area contributed by atoms with E-state index in [-0.39, 0.29) is 18.1 Å². The molecule has 1 saturated heterocycles. The van der Waals surface area contributed by atoms with E-state index in [4.69, 9.17) is 5.11 Å². The van der Waals surface area contributed by atoms with Gasteiger partial charge in [0, 0.05) is 17.9 Å². The average molecular weight is 336 g/mol. The minimum Gasteiger partial charge on any atom is -0.480 e. The van der Waals surface area contributed by atoms with Crippen LogP contribution in [0.1, 0.15) is 31.7 Å². The number of carbonyl (C=O) groups is 3. The average Bonchev–Trinajstić information content (AvgIpc) is 2.49. The first kappa shape index (κ1) is 17.3. The fraction of sp³-hybridized carbons (Fsp3) is 0.438. The molecule has 23 heavy (non-hydrogen) atoms. The predicted molar refractivity (Wildman–Crippen MR) is 89.6 cm³/mol. The number of aliphatic carboxylic acids is 1. The molecule has 1 aromatic rings. The molecule has 0 bridgehead atoms. The molecular weight excluding hydrogens is 316 g/mol. The van der Waals surface area contributed by atoms with Crippen molar-refractivity contribution in [2.24, 2.45) is 0 Å². The monoisotopic (exact) mass is 336 g/mol. The molecule has 0 saturated carbocycles. The summed E-state index contributed by atoms with van der Waals surface area (Å²) in [7, 11) is 0. The quantitative estimate of drug-likeness (QED) is 0.762. The molecule has 2 atom stereocenters. The molecule has 2 amide bonds. The van der Waals surface area contributed by atoms with Crippen molar-refractivity contribution in [3.05, 3.63) is 29.8 Å².